The van der Waals surface area contributed by atoms with Crippen molar-refractivity contribution in [1.29, 1.82) is 0 Å². The molecule has 0 spiro atoms. The van der Waals surface area contributed by atoms with Crippen molar-refractivity contribution in [2.75, 3.05) is 0 Å². The number of benzene rings is 1. The number of aliphatic hydroxyl groups excluding tert-OH is 1. The summed E-state index contributed by atoms with van der Waals surface area (Å²) < 4.78 is 27.1. The zero-order valence-electron chi connectivity index (χ0n) is 10.8. The second-order valence-electron chi connectivity index (χ2n) is 5.01. The number of aliphatic hydroxyl groups is 1. The third-order valence-corrected chi connectivity index (χ3v) is 5.39. The SMILES string of the molecule is Cc1ccc(S(=O)(=O)N[C@@H]2CCCC[C@H]2O)c(Cl)c1. The Bertz CT molecular complexity index is 559. The predicted molar refractivity (Wildman–Crippen MR) is 74.8 cm³/mol. The largest absolute Gasteiger partial charge is 0.391 e. The van der Waals surface area contributed by atoms with E-state index in [4.69, 9.17) is 11.6 Å². The fraction of sp³-hybridized carbons (Fsp3) is 0.538. The van der Waals surface area contributed by atoms with Gasteiger partial charge >= 0.3 is 0 Å². The van der Waals surface area contributed by atoms with Crippen LogP contribution in [-0.4, -0.2) is 25.7 Å². The molecule has 0 saturated heterocycles. The van der Waals surface area contributed by atoms with E-state index in [0.717, 1.165) is 18.4 Å². The Morgan fingerprint density at radius 3 is 2.63 bits per heavy atom. The maximum absolute atomic E-state index is 12.3. The Hall–Kier alpha value is -0.620. The van der Waals surface area contributed by atoms with Crippen LogP contribution in [0.15, 0.2) is 23.1 Å². The first-order chi connectivity index (χ1) is 8.90. The molecule has 1 aliphatic rings. The normalized spacial score (nSPS) is 24.4. The molecule has 106 valence electrons. The second-order valence-corrected chi connectivity index (χ2v) is 7.10. The van der Waals surface area contributed by atoms with Crippen LogP contribution in [0, 0.1) is 6.92 Å². The first-order valence-electron chi connectivity index (χ1n) is 6.37. The summed E-state index contributed by atoms with van der Waals surface area (Å²) in [6.45, 7) is 1.85. The number of nitrogens with one attached hydrogen (secondary N) is 1. The Kier molecular flexibility index (Phi) is 4.50. The van der Waals surface area contributed by atoms with E-state index in [9.17, 15) is 13.5 Å². The van der Waals surface area contributed by atoms with E-state index in [2.05, 4.69) is 4.72 Å². The van der Waals surface area contributed by atoms with Gasteiger partial charge in [0.2, 0.25) is 10.0 Å². The average Bonchev–Trinajstić information content (AvgIpc) is 2.31. The van der Waals surface area contributed by atoms with Gasteiger partial charge in [-0.15, -0.1) is 0 Å². The molecule has 0 aliphatic heterocycles. The molecule has 0 amide bonds. The summed E-state index contributed by atoms with van der Waals surface area (Å²) in [7, 11) is -3.68. The van der Waals surface area contributed by atoms with Crippen LogP contribution in [0.4, 0.5) is 0 Å². The molecule has 0 bridgehead atoms. The third kappa shape index (κ3) is 3.48. The monoisotopic (exact) mass is 303 g/mol. The number of sulfonamides is 1. The summed E-state index contributed by atoms with van der Waals surface area (Å²) in [6, 6.07) is 4.40. The van der Waals surface area contributed by atoms with Gasteiger partial charge in [0.05, 0.1) is 11.1 Å². The molecule has 0 unspecified atom stereocenters. The lowest BCUT2D eigenvalue weighted by molar-refractivity contribution is 0.101. The molecule has 2 N–H and O–H groups in total. The van der Waals surface area contributed by atoms with Crippen molar-refractivity contribution in [2.24, 2.45) is 0 Å². The van der Waals surface area contributed by atoms with Gasteiger partial charge in [-0.25, -0.2) is 13.1 Å². The molecule has 4 nitrogen and oxygen atoms in total. The highest BCUT2D eigenvalue weighted by Crippen LogP contribution is 2.25. The van der Waals surface area contributed by atoms with Gasteiger partial charge in [-0.05, 0) is 37.5 Å². The molecular formula is C13H18ClNO3S. The van der Waals surface area contributed by atoms with Gasteiger partial charge in [0.1, 0.15) is 4.90 Å². The van der Waals surface area contributed by atoms with Crippen LogP contribution in [0.1, 0.15) is 31.2 Å². The fourth-order valence-corrected chi connectivity index (χ4v) is 4.24. The highest BCUT2D eigenvalue weighted by atomic mass is 35.5. The summed E-state index contributed by atoms with van der Waals surface area (Å²) in [4.78, 5) is 0.0672. The van der Waals surface area contributed by atoms with E-state index in [0.29, 0.717) is 12.8 Å². The number of hydrogen-bond donors (Lipinski definition) is 2. The zero-order valence-corrected chi connectivity index (χ0v) is 12.3. The minimum absolute atomic E-state index is 0.0672. The number of aryl methyl sites for hydroxylation is 1. The molecule has 1 saturated carbocycles. The maximum atomic E-state index is 12.3. The Labute approximate surface area is 118 Å². The Morgan fingerprint density at radius 2 is 2.00 bits per heavy atom. The molecule has 2 rings (SSSR count). The molecule has 19 heavy (non-hydrogen) atoms. The first kappa shape index (κ1) is 14.8. The first-order valence-corrected chi connectivity index (χ1v) is 8.23. The lowest BCUT2D eigenvalue weighted by atomic mass is 9.93. The highest BCUT2D eigenvalue weighted by molar-refractivity contribution is 7.89. The quantitative estimate of drug-likeness (QED) is 0.900. The molecule has 6 heteroatoms. The number of halogens is 1. The summed E-state index contributed by atoms with van der Waals surface area (Å²) in [5.41, 5.74) is 0.904. The predicted octanol–water partition coefficient (Wildman–Crippen LogP) is 2.23. The number of hydrogen-bond acceptors (Lipinski definition) is 3. The Balaban J connectivity index is 2.22. The maximum Gasteiger partial charge on any atom is 0.242 e. The van der Waals surface area contributed by atoms with E-state index in [-0.39, 0.29) is 9.92 Å². The van der Waals surface area contributed by atoms with Crippen LogP contribution in [0.3, 0.4) is 0 Å². The van der Waals surface area contributed by atoms with Crippen LogP contribution in [0.2, 0.25) is 5.02 Å². The van der Waals surface area contributed by atoms with Crippen LogP contribution < -0.4 is 4.72 Å². The molecule has 1 aromatic rings. The zero-order chi connectivity index (χ0) is 14.0. The minimum Gasteiger partial charge on any atom is -0.391 e. The van der Waals surface area contributed by atoms with Gasteiger partial charge in [0.15, 0.2) is 0 Å². The van der Waals surface area contributed by atoms with Gasteiger partial charge in [-0.3, -0.25) is 0 Å². The van der Waals surface area contributed by atoms with Crippen molar-refractivity contribution in [3.8, 4) is 0 Å². The standard InChI is InChI=1S/C13H18ClNO3S/c1-9-6-7-13(10(14)8-9)19(17,18)15-11-4-2-3-5-12(11)16/h6-8,11-12,15-16H,2-5H2,1H3/t11-,12-/m1/s1. The average molecular weight is 304 g/mol. The highest BCUT2D eigenvalue weighted by Gasteiger charge is 2.29. The molecule has 1 fully saturated rings. The summed E-state index contributed by atoms with van der Waals surface area (Å²) in [5.74, 6) is 0. The van der Waals surface area contributed by atoms with Crippen LogP contribution in [0.25, 0.3) is 0 Å². The lowest BCUT2D eigenvalue weighted by Crippen LogP contribution is -2.45. The van der Waals surface area contributed by atoms with Gasteiger partial charge in [-0.1, -0.05) is 30.5 Å². The smallest absolute Gasteiger partial charge is 0.242 e. The van der Waals surface area contributed by atoms with Crippen molar-refractivity contribution in [3.63, 3.8) is 0 Å². The lowest BCUT2D eigenvalue weighted by Gasteiger charge is -2.28. The van der Waals surface area contributed by atoms with E-state index >= 15 is 0 Å². The van der Waals surface area contributed by atoms with Crippen molar-refractivity contribution in [3.05, 3.63) is 28.8 Å². The van der Waals surface area contributed by atoms with Crippen molar-refractivity contribution in [2.45, 2.75) is 49.6 Å². The molecule has 0 radical (unpaired) electrons. The summed E-state index contributed by atoms with van der Waals surface area (Å²) >= 11 is 5.99. The van der Waals surface area contributed by atoms with E-state index in [1.165, 1.54) is 6.07 Å². The van der Waals surface area contributed by atoms with Crippen LogP contribution >= 0.6 is 11.6 Å². The minimum atomic E-state index is -3.68. The summed E-state index contributed by atoms with van der Waals surface area (Å²) in [6.07, 6.45) is 2.53. The molecule has 1 aromatic carbocycles. The topological polar surface area (TPSA) is 66.4 Å². The fourth-order valence-electron chi connectivity index (χ4n) is 2.34. The molecule has 2 atom stereocenters. The van der Waals surface area contributed by atoms with Gasteiger partial charge in [0.25, 0.3) is 0 Å². The van der Waals surface area contributed by atoms with Crippen molar-refractivity contribution in [1.82, 2.24) is 4.72 Å². The Morgan fingerprint density at radius 1 is 1.32 bits per heavy atom. The van der Waals surface area contributed by atoms with Crippen molar-refractivity contribution >= 4 is 21.6 Å². The van der Waals surface area contributed by atoms with Crippen LogP contribution in [-0.2, 0) is 10.0 Å². The molecule has 0 heterocycles. The molecular weight excluding hydrogens is 286 g/mol. The van der Waals surface area contributed by atoms with E-state index in [1.54, 1.807) is 12.1 Å². The third-order valence-electron chi connectivity index (χ3n) is 3.41. The van der Waals surface area contributed by atoms with Crippen molar-refractivity contribution < 1.29 is 13.5 Å². The van der Waals surface area contributed by atoms with Crippen LogP contribution in [0.5, 0.6) is 0 Å². The van der Waals surface area contributed by atoms with E-state index < -0.39 is 22.2 Å². The molecule has 1 aliphatic carbocycles. The van der Waals surface area contributed by atoms with Gasteiger partial charge in [-0.2, -0.15) is 0 Å². The summed E-state index contributed by atoms with van der Waals surface area (Å²) in [5, 5.41) is 10.0. The van der Waals surface area contributed by atoms with Gasteiger partial charge in [0, 0.05) is 6.04 Å². The molecule has 0 aromatic heterocycles. The van der Waals surface area contributed by atoms with Gasteiger partial charge < -0.3 is 5.11 Å². The number of rotatable bonds is 3. The second kappa shape index (κ2) is 5.79. The van der Waals surface area contributed by atoms with E-state index in [1.807, 2.05) is 6.92 Å².